The standard InChI is InChI=1S/C17H14F3N3OS/c1-17(13-9-11(19)6-7-14(13)20)15(24)23(16(21-17)25-2)22-12-5-3-4-10(18)8-12/h3-9,22H,1-2H3. The third kappa shape index (κ3) is 3.09. The van der Waals surface area contributed by atoms with Gasteiger partial charge in [-0.05, 0) is 49.6 Å². The fourth-order valence-corrected chi connectivity index (χ4v) is 3.15. The van der Waals surface area contributed by atoms with Crippen molar-refractivity contribution in [3.05, 3.63) is 65.5 Å². The number of hydrazine groups is 1. The van der Waals surface area contributed by atoms with Gasteiger partial charge in [0, 0.05) is 5.56 Å². The summed E-state index contributed by atoms with van der Waals surface area (Å²) in [6.45, 7) is 1.41. The molecular formula is C17H14F3N3OS. The van der Waals surface area contributed by atoms with E-state index in [1.165, 1.54) is 25.1 Å². The average molecular weight is 365 g/mol. The molecule has 1 unspecified atom stereocenters. The van der Waals surface area contributed by atoms with E-state index >= 15 is 0 Å². The second kappa shape index (κ2) is 6.44. The predicted molar refractivity (Wildman–Crippen MR) is 91.5 cm³/mol. The van der Waals surface area contributed by atoms with E-state index in [-0.39, 0.29) is 10.7 Å². The SMILES string of the molecule is CSC1=NC(C)(c2cc(F)ccc2F)C(=O)N1Nc1cccc(F)c1. The van der Waals surface area contributed by atoms with Crippen LogP contribution in [-0.4, -0.2) is 22.3 Å². The molecule has 4 nitrogen and oxygen atoms in total. The molecule has 25 heavy (non-hydrogen) atoms. The first kappa shape index (κ1) is 17.3. The molecule has 2 aromatic rings. The number of hydrogen-bond donors (Lipinski definition) is 1. The summed E-state index contributed by atoms with van der Waals surface area (Å²) in [5, 5.41) is 1.38. The Kier molecular flexibility index (Phi) is 4.47. The molecule has 0 fully saturated rings. The lowest BCUT2D eigenvalue weighted by Crippen LogP contribution is -2.42. The Balaban J connectivity index is 2.00. The molecule has 0 radical (unpaired) electrons. The van der Waals surface area contributed by atoms with E-state index in [1.807, 2.05) is 0 Å². The minimum atomic E-state index is -1.62. The number of carbonyl (C=O) groups is 1. The molecule has 2 aromatic carbocycles. The predicted octanol–water partition coefficient (Wildman–Crippen LogP) is 3.91. The summed E-state index contributed by atoms with van der Waals surface area (Å²) < 4.78 is 41.1. The largest absolute Gasteiger partial charge is 0.289 e. The van der Waals surface area contributed by atoms with Gasteiger partial charge in [0.15, 0.2) is 10.7 Å². The maximum Gasteiger partial charge on any atom is 0.279 e. The van der Waals surface area contributed by atoms with Crippen LogP contribution in [0.4, 0.5) is 18.9 Å². The van der Waals surface area contributed by atoms with Crippen LogP contribution in [0.5, 0.6) is 0 Å². The van der Waals surface area contributed by atoms with E-state index in [0.717, 1.165) is 35.0 Å². The van der Waals surface area contributed by atoms with Crippen molar-refractivity contribution in [3.63, 3.8) is 0 Å². The van der Waals surface area contributed by atoms with Gasteiger partial charge < -0.3 is 0 Å². The molecule has 0 spiro atoms. The van der Waals surface area contributed by atoms with Crippen LogP contribution in [0.2, 0.25) is 0 Å². The van der Waals surface area contributed by atoms with Crippen molar-refractivity contribution in [3.8, 4) is 0 Å². The van der Waals surface area contributed by atoms with Crippen LogP contribution in [0.3, 0.4) is 0 Å². The first-order valence-electron chi connectivity index (χ1n) is 7.31. The van der Waals surface area contributed by atoms with E-state index < -0.39 is 28.9 Å². The lowest BCUT2D eigenvalue weighted by atomic mass is 9.92. The molecule has 0 aliphatic carbocycles. The van der Waals surface area contributed by atoms with Gasteiger partial charge in [-0.3, -0.25) is 10.2 Å². The highest BCUT2D eigenvalue weighted by atomic mass is 32.2. The van der Waals surface area contributed by atoms with Crippen molar-refractivity contribution in [2.24, 2.45) is 4.99 Å². The Morgan fingerprint density at radius 3 is 2.52 bits per heavy atom. The Labute approximate surface area is 146 Å². The second-order valence-corrected chi connectivity index (χ2v) is 6.33. The smallest absolute Gasteiger partial charge is 0.279 e. The van der Waals surface area contributed by atoms with Gasteiger partial charge in [-0.2, -0.15) is 5.01 Å². The minimum absolute atomic E-state index is 0.160. The van der Waals surface area contributed by atoms with Crippen molar-refractivity contribution in [1.82, 2.24) is 5.01 Å². The number of benzene rings is 2. The van der Waals surface area contributed by atoms with Gasteiger partial charge in [0.2, 0.25) is 0 Å². The van der Waals surface area contributed by atoms with Gasteiger partial charge in [-0.1, -0.05) is 17.8 Å². The molecule has 3 rings (SSSR count). The van der Waals surface area contributed by atoms with Crippen LogP contribution in [0.15, 0.2) is 47.5 Å². The molecule has 1 aliphatic rings. The highest BCUT2D eigenvalue weighted by Crippen LogP contribution is 2.37. The summed E-state index contributed by atoms with van der Waals surface area (Å²) in [6.07, 6.45) is 1.69. The fraction of sp³-hybridized carbons (Fsp3) is 0.176. The number of anilines is 1. The molecule has 8 heteroatoms. The van der Waals surface area contributed by atoms with E-state index in [4.69, 9.17) is 0 Å². The molecule has 0 saturated carbocycles. The number of nitrogens with one attached hydrogen (secondary N) is 1. The number of halogens is 3. The van der Waals surface area contributed by atoms with Crippen LogP contribution in [0.1, 0.15) is 12.5 Å². The zero-order chi connectivity index (χ0) is 18.2. The van der Waals surface area contributed by atoms with Gasteiger partial charge in [-0.25, -0.2) is 18.2 Å². The number of amidine groups is 1. The number of hydrogen-bond acceptors (Lipinski definition) is 4. The van der Waals surface area contributed by atoms with Crippen molar-refractivity contribution in [1.29, 1.82) is 0 Å². The third-order valence-electron chi connectivity index (χ3n) is 3.83. The number of rotatable bonds is 3. The summed E-state index contributed by atoms with van der Waals surface area (Å²) in [5.74, 6) is -2.46. The number of aliphatic imine (C=N–C) groups is 1. The summed E-state index contributed by atoms with van der Waals surface area (Å²) in [5.41, 5.74) is 1.32. The van der Waals surface area contributed by atoms with Crippen molar-refractivity contribution in [2.75, 3.05) is 11.7 Å². The Hall–Kier alpha value is -2.48. The Bertz CT molecular complexity index is 874. The first-order chi connectivity index (χ1) is 11.8. The van der Waals surface area contributed by atoms with Crippen LogP contribution < -0.4 is 5.43 Å². The number of carbonyl (C=O) groups excluding carboxylic acids is 1. The molecule has 1 atom stereocenters. The van der Waals surface area contributed by atoms with Crippen molar-refractivity contribution in [2.45, 2.75) is 12.5 Å². The molecule has 1 aliphatic heterocycles. The first-order valence-corrected chi connectivity index (χ1v) is 8.54. The van der Waals surface area contributed by atoms with Crippen LogP contribution in [-0.2, 0) is 10.3 Å². The van der Waals surface area contributed by atoms with Crippen LogP contribution in [0, 0.1) is 17.5 Å². The van der Waals surface area contributed by atoms with E-state index in [1.54, 1.807) is 12.3 Å². The quantitative estimate of drug-likeness (QED) is 0.897. The van der Waals surface area contributed by atoms with E-state index in [2.05, 4.69) is 10.4 Å². The highest BCUT2D eigenvalue weighted by Gasteiger charge is 2.48. The zero-order valence-electron chi connectivity index (χ0n) is 13.4. The van der Waals surface area contributed by atoms with E-state index in [9.17, 15) is 18.0 Å². The van der Waals surface area contributed by atoms with Crippen LogP contribution in [0.25, 0.3) is 0 Å². The number of thioether (sulfide) groups is 1. The zero-order valence-corrected chi connectivity index (χ0v) is 14.2. The molecule has 1 N–H and O–H groups in total. The maximum atomic E-state index is 14.2. The Morgan fingerprint density at radius 1 is 1.12 bits per heavy atom. The summed E-state index contributed by atoms with van der Waals surface area (Å²) in [7, 11) is 0. The molecule has 0 saturated heterocycles. The molecule has 130 valence electrons. The molecular weight excluding hydrogens is 351 g/mol. The van der Waals surface area contributed by atoms with Gasteiger partial charge in [0.1, 0.15) is 17.5 Å². The second-order valence-electron chi connectivity index (χ2n) is 5.56. The lowest BCUT2D eigenvalue weighted by molar-refractivity contribution is -0.130. The monoisotopic (exact) mass is 365 g/mol. The Morgan fingerprint density at radius 2 is 1.84 bits per heavy atom. The normalized spacial score (nSPS) is 20.0. The topological polar surface area (TPSA) is 44.7 Å². The van der Waals surface area contributed by atoms with Gasteiger partial charge in [-0.15, -0.1) is 0 Å². The highest BCUT2D eigenvalue weighted by molar-refractivity contribution is 8.13. The lowest BCUT2D eigenvalue weighted by Gasteiger charge is -2.24. The maximum absolute atomic E-state index is 14.2. The molecule has 1 heterocycles. The van der Waals surface area contributed by atoms with E-state index in [0.29, 0.717) is 5.69 Å². The summed E-state index contributed by atoms with van der Waals surface area (Å²) in [6, 6.07) is 8.44. The number of nitrogens with zero attached hydrogens (tertiary/aromatic N) is 2. The fourth-order valence-electron chi connectivity index (χ4n) is 2.56. The summed E-state index contributed by atoms with van der Waals surface area (Å²) >= 11 is 1.16. The average Bonchev–Trinajstić information content (AvgIpc) is 2.82. The van der Waals surface area contributed by atoms with Gasteiger partial charge in [0.05, 0.1) is 5.69 Å². The van der Waals surface area contributed by atoms with Crippen molar-refractivity contribution < 1.29 is 18.0 Å². The van der Waals surface area contributed by atoms with Gasteiger partial charge in [0.25, 0.3) is 5.91 Å². The van der Waals surface area contributed by atoms with Crippen LogP contribution >= 0.6 is 11.8 Å². The molecule has 1 amide bonds. The third-order valence-corrected chi connectivity index (χ3v) is 4.47. The minimum Gasteiger partial charge on any atom is -0.289 e. The number of amides is 1. The molecule has 0 aromatic heterocycles. The summed E-state index contributed by atoms with van der Waals surface area (Å²) in [4.78, 5) is 17.2. The molecule has 0 bridgehead atoms. The van der Waals surface area contributed by atoms with Gasteiger partial charge >= 0.3 is 0 Å². The van der Waals surface area contributed by atoms with Crippen molar-refractivity contribution >= 4 is 28.5 Å².